The molecule has 17 heavy (non-hydrogen) atoms. The van der Waals surface area contributed by atoms with Crippen LogP contribution in [0.2, 0.25) is 0 Å². The minimum atomic E-state index is -0.760. The van der Waals surface area contributed by atoms with Gasteiger partial charge in [-0.05, 0) is 44.0 Å². The van der Waals surface area contributed by atoms with Crippen LogP contribution in [0.3, 0.4) is 0 Å². The standard InChI is InChI=1S/C13H15F2NO/c14-10-2-1-3-11(15)13(10)12(17)8-9-4-6-16-7-5-9/h1-3,9,16H,4-8H2. The lowest BCUT2D eigenvalue weighted by Gasteiger charge is -2.21. The SMILES string of the molecule is O=C(CC1CCNCC1)c1c(F)cccc1F. The molecule has 0 amide bonds. The van der Waals surface area contributed by atoms with Crippen molar-refractivity contribution in [1.29, 1.82) is 0 Å². The molecule has 0 aliphatic carbocycles. The van der Waals surface area contributed by atoms with Gasteiger partial charge in [0.15, 0.2) is 5.78 Å². The molecule has 2 rings (SSSR count). The van der Waals surface area contributed by atoms with Crippen molar-refractivity contribution in [3.05, 3.63) is 35.4 Å². The highest BCUT2D eigenvalue weighted by atomic mass is 19.1. The number of hydrogen-bond donors (Lipinski definition) is 1. The Balaban J connectivity index is 2.08. The molecule has 1 heterocycles. The smallest absolute Gasteiger partial charge is 0.169 e. The number of benzene rings is 1. The van der Waals surface area contributed by atoms with Gasteiger partial charge in [-0.2, -0.15) is 0 Å². The first kappa shape index (κ1) is 12.2. The number of piperidine rings is 1. The van der Waals surface area contributed by atoms with Gasteiger partial charge >= 0.3 is 0 Å². The first-order chi connectivity index (χ1) is 8.18. The summed E-state index contributed by atoms with van der Waals surface area (Å²) in [7, 11) is 0. The number of ketones is 1. The molecular weight excluding hydrogens is 224 g/mol. The Hall–Kier alpha value is -1.29. The minimum absolute atomic E-state index is 0.236. The Morgan fingerprint density at radius 3 is 2.41 bits per heavy atom. The van der Waals surface area contributed by atoms with Crippen molar-refractivity contribution in [2.75, 3.05) is 13.1 Å². The van der Waals surface area contributed by atoms with Gasteiger partial charge in [0, 0.05) is 6.42 Å². The summed E-state index contributed by atoms with van der Waals surface area (Å²) in [4.78, 5) is 11.9. The molecule has 0 spiro atoms. The number of carbonyl (C=O) groups excluding carboxylic acids is 1. The molecule has 0 aromatic heterocycles. The molecule has 1 fully saturated rings. The zero-order valence-corrected chi connectivity index (χ0v) is 9.51. The topological polar surface area (TPSA) is 29.1 Å². The van der Waals surface area contributed by atoms with Crippen molar-refractivity contribution < 1.29 is 13.6 Å². The maximum Gasteiger partial charge on any atom is 0.169 e. The maximum absolute atomic E-state index is 13.4. The zero-order valence-electron chi connectivity index (χ0n) is 9.51. The van der Waals surface area contributed by atoms with Gasteiger partial charge in [0.25, 0.3) is 0 Å². The molecule has 0 saturated carbocycles. The molecule has 2 nitrogen and oxygen atoms in total. The molecule has 0 bridgehead atoms. The first-order valence-electron chi connectivity index (χ1n) is 5.86. The van der Waals surface area contributed by atoms with Gasteiger partial charge in [-0.3, -0.25) is 4.79 Å². The summed E-state index contributed by atoms with van der Waals surface area (Å²) in [6.45, 7) is 1.75. The van der Waals surface area contributed by atoms with Gasteiger partial charge < -0.3 is 5.32 Å². The number of hydrogen-bond acceptors (Lipinski definition) is 2. The average Bonchev–Trinajstić information content (AvgIpc) is 2.30. The van der Waals surface area contributed by atoms with E-state index < -0.39 is 17.4 Å². The van der Waals surface area contributed by atoms with E-state index in [0.717, 1.165) is 38.1 Å². The molecule has 0 atom stereocenters. The molecule has 1 saturated heterocycles. The number of Topliss-reactive ketones (excluding diaryl/α,β-unsaturated/α-hetero) is 1. The van der Waals surface area contributed by atoms with Crippen molar-refractivity contribution in [3.63, 3.8) is 0 Å². The molecule has 1 aromatic rings. The van der Waals surface area contributed by atoms with Crippen LogP contribution in [0.4, 0.5) is 8.78 Å². The summed E-state index contributed by atoms with van der Waals surface area (Å²) in [5, 5.41) is 3.19. The lowest BCUT2D eigenvalue weighted by Crippen LogP contribution is -2.29. The fourth-order valence-corrected chi connectivity index (χ4v) is 2.21. The van der Waals surface area contributed by atoms with Crippen LogP contribution in [-0.2, 0) is 0 Å². The predicted octanol–water partition coefficient (Wildman–Crippen LogP) is 2.54. The quantitative estimate of drug-likeness (QED) is 0.821. The van der Waals surface area contributed by atoms with Crippen LogP contribution < -0.4 is 5.32 Å². The molecule has 1 aliphatic rings. The lowest BCUT2D eigenvalue weighted by molar-refractivity contribution is 0.0944. The Labute approximate surface area is 99.0 Å². The molecular formula is C13H15F2NO. The molecule has 0 unspecified atom stereocenters. The van der Waals surface area contributed by atoms with Gasteiger partial charge in [-0.15, -0.1) is 0 Å². The van der Waals surface area contributed by atoms with Gasteiger partial charge in [-0.25, -0.2) is 8.78 Å². The van der Waals surface area contributed by atoms with Crippen LogP contribution in [-0.4, -0.2) is 18.9 Å². The number of halogens is 2. The Bertz CT molecular complexity index is 394. The summed E-state index contributed by atoms with van der Waals surface area (Å²) in [5.41, 5.74) is -0.383. The second-order valence-electron chi connectivity index (χ2n) is 4.42. The highest BCUT2D eigenvalue weighted by Crippen LogP contribution is 2.21. The fourth-order valence-electron chi connectivity index (χ4n) is 2.21. The van der Waals surface area contributed by atoms with E-state index in [-0.39, 0.29) is 17.9 Å². The molecule has 1 aromatic carbocycles. The van der Waals surface area contributed by atoms with E-state index in [4.69, 9.17) is 0 Å². The third kappa shape index (κ3) is 2.88. The summed E-state index contributed by atoms with van der Waals surface area (Å²) in [6.07, 6.45) is 2.02. The van der Waals surface area contributed by atoms with Crippen LogP contribution in [0.1, 0.15) is 29.6 Å². The predicted molar refractivity (Wildman–Crippen MR) is 60.9 cm³/mol. The van der Waals surface area contributed by atoms with Gasteiger partial charge in [-0.1, -0.05) is 6.07 Å². The Morgan fingerprint density at radius 2 is 1.82 bits per heavy atom. The largest absolute Gasteiger partial charge is 0.317 e. The van der Waals surface area contributed by atoms with Crippen LogP contribution in [0, 0.1) is 17.6 Å². The van der Waals surface area contributed by atoms with Crippen molar-refractivity contribution in [2.45, 2.75) is 19.3 Å². The third-order valence-corrected chi connectivity index (χ3v) is 3.17. The summed E-state index contributed by atoms with van der Waals surface area (Å²) < 4.78 is 26.8. The minimum Gasteiger partial charge on any atom is -0.317 e. The lowest BCUT2D eigenvalue weighted by atomic mass is 9.90. The highest BCUT2D eigenvalue weighted by Gasteiger charge is 2.22. The van der Waals surface area contributed by atoms with E-state index in [1.165, 1.54) is 6.07 Å². The van der Waals surface area contributed by atoms with E-state index in [0.29, 0.717) is 0 Å². The normalized spacial score (nSPS) is 17.1. The second kappa shape index (κ2) is 5.36. The van der Waals surface area contributed by atoms with Crippen molar-refractivity contribution in [1.82, 2.24) is 5.32 Å². The number of rotatable bonds is 3. The van der Waals surface area contributed by atoms with E-state index in [2.05, 4.69) is 5.32 Å². The Kier molecular flexibility index (Phi) is 3.84. The molecule has 0 radical (unpaired) electrons. The molecule has 92 valence electrons. The molecule has 1 N–H and O–H groups in total. The summed E-state index contributed by atoms with van der Waals surface area (Å²) in [5.74, 6) is -1.71. The van der Waals surface area contributed by atoms with E-state index in [1.54, 1.807) is 0 Å². The van der Waals surface area contributed by atoms with Gasteiger partial charge in [0.2, 0.25) is 0 Å². The van der Waals surface area contributed by atoms with Crippen LogP contribution in [0.25, 0.3) is 0 Å². The average molecular weight is 239 g/mol. The van der Waals surface area contributed by atoms with E-state index in [1.807, 2.05) is 0 Å². The number of nitrogens with one attached hydrogen (secondary N) is 1. The Morgan fingerprint density at radius 1 is 1.24 bits per heavy atom. The van der Waals surface area contributed by atoms with Gasteiger partial charge in [0.05, 0.1) is 5.56 Å². The second-order valence-corrected chi connectivity index (χ2v) is 4.42. The monoisotopic (exact) mass is 239 g/mol. The van der Waals surface area contributed by atoms with Crippen molar-refractivity contribution in [3.8, 4) is 0 Å². The van der Waals surface area contributed by atoms with Crippen LogP contribution in [0.15, 0.2) is 18.2 Å². The third-order valence-electron chi connectivity index (χ3n) is 3.17. The first-order valence-corrected chi connectivity index (χ1v) is 5.86. The van der Waals surface area contributed by atoms with E-state index in [9.17, 15) is 13.6 Å². The van der Waals surface area contributed by atoms with Crippen molar-refractivity contribution >= 4 is 5.78 Å². The molecule has 1 aliphatic heterocycles. The van der Waals surface area contributed by atoms with Crippen LogP contribution in [0.5, 0.6) is 0 Å². The van der Waals surface area contributed by atoms with Gasteiger partial charge in [0.1, 0.15) is 11.6 Å². The van der Waals surface area contributed by atoms with Crippen LogP contribution >= 0.6 is 0 Å². The molecule has 4 heteroatoms. The van der Waals surface area contributed by atoms with Crippen molar-refractivity contribution in [2.24, 2.45) is 5.92 Å². The van der Waals surface area contributed by atoms with E-state index >= 15 is 0 Å². The zero-order chi connectivity index (χ0) is 12.3. The fraction of sp³-hybridized carbons (Fsp3) is 0.462. The highest BCUT2D eigenvalue weighted by molar-refractivity contribution is 5.96. The maximum atomic E-state index is 13.4. The number of carbonyl (C=O) groups is 1. The summed E-state index contributed by atoms with van der Waals surface area (Å²) in [6, 6.07) is 3.52. The summed E-state index contributed by atoms with van der Waals surface area (Å²) >= 11 is 0.